The van der Waals surface area contributed by atoms with Gasteiger partial charge in [-0.1, -0.05) is 149 Å². The smallest absolute Gasteiger partial charge is 0.0591 e. The third-order valence-electron chi connectivity index (χ3n) is 8.15. The molecule has 0 saturated heterocycles. The molecule has 0 nitrogen and oxygen atoms in total. The van der Waals surface area contributed by atoms with Gasteiger partial charge in [-0.2, -0.15) is 0 Å². The molecular formula is C33H70FP. The van der Waals surface area contributed by atoms with Gasteiger partial charge in [-0.05, 0) is 38.5 Å². The van der Waals surface area contributed by atoms with Gasteiger partial charge in [-0.25, -0.2) is 0 Å². The van der Waals surface area contributed by atoms with Crippen LogP contribution in [0.3, 0.4) is 0 Å². The fourth-order valence-electron chi connectivity index (χ4n) is 5.57. The van der Waals surface area contributed by atoms with Crippen LogP contribution in [-0.2, 0) is 0 Å². The zero-order valence-electron chi connectivity index (χ0n) is 25.3. The highest BCUT2D eigenvalue weighted by Crippen LogP contribution is 2.57. The third-order valence-corrected chi connectivity index (χ3v) is 12.3. The maximum atomic E-state index is 2.76. The van der Waals surface area contributed by atoms with E-state index in [-0.39, 0.29) is 4.70 Å². The lowest BCUT2D eigenvalue weighted by Gasteiger charge is -2.24. The Hall–Kier alpha value is 0.360. The van der Waals surface area contributed by atoms with Gasteiger partial charge in [0.2, 0.25) is 0 Å². The summed E-state index contributed by atoms with van der Waals surface area (Å²) < 4.78 is 0. The van der Waals surface area contributed by atoms with E-state index in [9.17, 15) is 0 Å². The zero-order chi connectivity index (χ0) is 25.0. The van der Waals surface area contributed by atoms with Crippen LogP contribution in [0.1, 0.15) is 188 Å². The minimum absolute atomic E-state index is 0. The normalized spacial score (nSPS) is 11.7. The molecule has 2 heteroatoms. The van der Waals surface area contributed by atoms with Crippen molar-refractivity contribution >= 4 is 7.26 Å². The molecule has 0 fully saturated rings. The molecule has 0 saturated carbocycles. The molecule has 0 bridgehead atoms. The highest BCUT2D eigenvalue weighted by atomic mass is 31.2. The van der Waals surface area contributed by atoms with Crippen molar-refractivity contribution in [3.8, 4) is 0 Å². The van der Waals surface area contributed by atoms with Crippen LogP contribution in [0.4, 0.5) is 0 Å². The van der Waals surface area contributed by atoms with E-state index >= 15 is 0 Å². The molecule has 35 heavy (non-hydrogen) atoms. The minimum atomic E-state index is -0.673. The molecule has 214 valence electrons. The van der Waals surface area contributed by atoms with Gasteiger partial charge in [0.1, 0.15) is 0 Å². The lowest BCUT2D eigenvalue weighted by atomic mass is 10.1. The molecule has 0 amide bonds. The molecule has 0 unspecified atom stereocenters. The number of hydrogen-bond acceptors (Lipinski definition) is 0. The van der Waals surface area contributed by atoms with Gasteiger partial charge < -0.3 is 4.70 Å². The van der Waals surface area contributed by atoms with Crippen LogP contribution in [0, 0.1) is 0 Å². The van der Waals surface area contributed by atoms with E-state index in [1.165, 1.54) is 167 Å². The zero-order valence-corrected chi connectivity index (χ0v) is 26.2. The number of rotatable bonds is 29. The second-order valence-electron chi connectivity index (χ2n) is 11.9. The fraction of sp³-hybridized carbons (Fsp3) is 1.00. The van der Waals surface area contributed by atoms with E-state index < -0.39 is 7.26 Å². The maximum absolute atomic E-state index is 2.76. The van der Waals surface area contributed by atoms with Crippen LogP contribution >= 0.6 is 7.26 Å². The van der Waals surface area contributed by atoms with Crippen molar-refractivity contribution in [2.75, 3.05) is 25.2 Å². The van der Waals surface area contributed by atoms with Crippen LogP contribution in [0.2, 0.25) is 0 Å². The predicted octanol–water partition coefficient (Wildman–Crippen LogP) is 9.84. The van der Waals surface area contributed by atoms with E-state index in [1.807, 2.05) is 0 Å². The van der Waals surface area contributed by atoms with Crippen molar-refractivity contribution in [1.82, 2.24) is 0 Å². The van der Waals surface area contributed by atoms with Gasteiger partial charge in [0.25, 0.3) is 0 Å². The Morgan fingerprint density at radius 2 is 0.457 bits per heavy atom. The van der Waals surface area contributed by atoms with Crippen molar-refractivity contribution in [2.24, 2.45) is 0 Å². The Kier molecular flexibility index (Phi) is 32.8. The molecule has 0 aliphatic carbocycles. The van der Waals surface area contributed by atoms with E-state index in [0.717, 1.165) is 0 Å². The minimum Gasteiger partial charge on any atom is -1.00 e. The summed E-state index contributed by atoms with van der Waals surface area (Å²) in [5, 5.41) is 0. The summed E-state index contributed by atoms with van der Waals surface area (Å²) in [6.45, 7) is 9.74. The Morgan fingerprint density at radius 3 is 0.657 bits per heavy atom. The number of halogens is 1. The molecule has 0 aliphatic heterocycles. The Labute approximate surface area is 224 Å². The molecule has 0 heterocycles. The molecule has 0 aromatic heterocycles. The second kappa shape index (κ2) is 30.6. The van der Waals surface area contributed by atoms with Gasteiger partial charge in [-0.15, -0.1) is 0 Å². The first-order chi connectivity index (χ1) is 16.7. The van der Waals surface area contributed by atoms with Gasteiger partial charge >= 0.3 is 0 Å². The molecule has 0 atom stereocenters. The highest BCUT2D eigenvalue weighted by molar-refractivity contribution is 7.75. The second-order valence-corrected chi connectivity index (χ2v) is 16.5. The first-order valence-electron chi connectivity index (χ1n) is 16.5. The lowest BCUT2D eigenvalue weighted by Crippen LogP contribution is -3.00. The summed E-state index contributed by atoms with van der Waals surface area (Å²) in [6.07, 6.45) is 43.2. The summed E-state index contributed by atoms with van der Waals surface area (Å²) in [4.78, 5) is 0. The molecule has 0 rings (SSSR count). The quantitative estimate of drug-likeness (QED) is 0.0685. The van der Waals surface area contributed by atoms with Crippen molar-refractivity contribution in [3.63, 3.8) is 0 Å². The van der Waals surface area contributed by atoms with Crippen molar-refractivity contribution < 1.29 is 4.70 Å². The van der Waals surface area contributed by atoms with Crippen molar-refractivity contribution in [3.05, 3.63) is 0 Å². The monoisotopic (exact) mass is 517 g/mol. The largest absolute Gasteiger partial charge is 1.00 e. The topological polar surface area (TPSA) is 0 Å². The average molecular weight is 517 g/mol. The third kappa shape index (κ3) is 28.8. The average Bonchev–Trinajstić information content (AvgIpc) is 2.84. The first kappa shape index (κ1) is 37.5. The molecule has 0 aromatic rings. The summed E-state index contributed by atoms with van der Waals surface area (Å²) in [6, 6.07) is 0. The van der Waals surface area contributed by atoms with Crippen LogP contribution < -0.4 is 4.70 Å². The van der Waals surface area contributed by atoms with Crippen LogP contribution in [0.5, 0.6) is 0 Å². The molecule has 0 aliphatic rings. The van der Waals surface area contributed by atoms with Gasteiger partial charge in [0, 0.05) is 13.9 Å². The predicted molar refractivity (Wildman–Crippen MR) is 165 cm³/mol. The van der Waals surface area contributed by atoms with E-state index in [1.54, 1.807) is 18.5 Å². The Bertz CT molecular complexity index is 346. The summed E-state index contributed by atoms with van der Waals surface area (Å²) >= 11 is 0. The molecule has 0 radical (unpaired) electrons. The summed E-state index contributed by atoms with van der Waals surface area (Å²) in [7, 11) is -0.673. The number of hydrogen-bond donors (Lipinski definition) is 0. The van der Waals surface area contributed by atoms with Crippen molar-refractivity contribution in [2.45, 2.75) is 188 Å². The molecule has 0 spiro atoms. The molecule has 0 aromatic carbocycles. The van der Waals surface area contributed by atoms with E-state index in [0.29, 0.717) is 0 Å². The van der Waals surface area contributed by atoms with E-state index in [2.05, 4.69) is 27.4 Å². The van der Waals surface area contributed by atoms with E-state index in [4.69, 9.17) is 0 Å². The van der Waals surface area contributed by atoms with Crippen LogP contribution in [0.15, 0.2) is 0 Å². The molecule has 0 N–H and O–H groups in total. The van der Waals surface area contributed by atoms with Crippen LogP contribution in [0.25, 0.3) is 0 Å². The van der Waals surface area contributed by atoms with Gasteiger partial charge in [-0.3, -0.25) is 0 Å². The first-order valence-corrected chi connectivity index (χ1v) is 19.3. The van der Waals surface area contributed by atoms with Gasteiger partial charge in [0.05, 0.1) is 18.5 Å². The fourth-order valence-corrected chi connectivity index (χ4v) is 9.20. The Morgan fingerprint density at radius 1 is 0.286 bits per heavy atom. The van der Waals surface area contributed by atoms with Gasteiger partial charge in [0.15, 0.2) is 0 Å². The standard InChI is InChI=1S/C33H70P.FH/c1-5-8-11-14-17-19-21-23-26-29-32-34(4,31-28-25-16-13-10-7-3)33-30-27-24-22-20-18-15-12-9-6-2;/h5-33H2,1-4H3;1H/q+1;/p-1. The SMILES string of the molecule is CCCCCCCCCCCC[P+](C)(CCCCCCCC)CCCCCCCCCCCC.[F-]. The van der Waals surface area contributed by atoms with Crippen molar-refractivity contribution in [1.29, 1.82) is 0 Å². The highest BCUT2D eigenvalue weighted by Gasteiger charge is 2.29. The maximum Gasteiger partial charge on any atom is 0.0591 e. The Balaban J connectivity index is 0. The lowest BCUT2D eigenvalue weighted by molar-refractivity contribution is -0.00000779. The molecular weight excluding hydrogens is 446 g/mol. The number of unbranched alkanes of at least 4 members (excludes halogenated alkanes) is 23. The summed E-state index contributed by atoms with van der Waals surface area (Å²) in [5.74, 6) is 0. The summed E-state index contributed by atoms with van der Waals surface area (Å²) in [5.41, 5.74) is 0. The van der Waals surface area contributed by atoms with Crippen LogP contribution in [-0.4, -0.2) is 25.2 Å².